The first-order chi connectivity index (χ1) is 13.6. The fourth-order valence-corrected chi connectivity index (χ4v) is 4.45. The molecule has 0 saturated heterocycles. The predicted molar refractivity (Wildman–Crippen MR) is 108 cm³/mol. The van der Waals surface area contributed by atoms with Gasteiger partial charge in [-0.05, 0) is 29.8 Å². The Morgan fingerprint density at radius 3 is 2.96 bits per heavy atom. The number of fused-ring (bicyclic) bond motifs is 2. The minimum Gasteiger partial charge on any atom is -0.489 e. The van der Waals surface area contributed by atoms with Crippen molar-refractivity contribution in [2.45, 2.75) is 29.5 Å². The number of hydrogen-bond acceptors (Lipinski definition) is 5. The minimum atomic E-state index is -0.456. The normalized spacial score (nSPS) is 17.9. The van der Waals surface area contributed by atoms with Crippen molar-refractivity contribution in [1.29, 1.82) is 0 Å². The Morgan fingerprint density at radius 1 is 1.25 bits per heavy atom. The van der Waals surface area contributed by atoms with Gasteiger partial charge in [0.15, 0.2) is 11.5 Å². The van der Waals surface area contributed by atoms with Crippen LogP contribution in [0.4, 0.5) is 5.69 Å². The van der Waals surface area contributed by atoms with E-state index in [2.05, 4.69) is 10.6 Å². The van der Waals surface area contributed by atoms with E-state index in [1.165, 1.54) is 11.8 Å². The smallest absolute Gasteiger partial charge is 0.238 e. The summed E-state index contributed by atoms with van der Waals surface area (Å²) in [5.74, 6) is 0.781. The number of halogens is 1. The molecule has 0 saturated carbocycles. The van der Waals surface area contributed by atoms with E-state index in [-0.39, 0.29) is 18.2 Å². The van der Waals surface area contributed by atoms with Crippen molar-refractivity contribution in [3.8, 4) is 11.5 Å². The van der Waals surface area contributed by atoms with Gasteiger partial charge in [-0.15, -0.1) is 11.8 Å². The lowest BCUT2D eigenvalue weighted by atomic mass is 10.2. The number of benzene rings is 2. The number of para-hydroxylation sites is 1. The standard InChI is InChI=1S/C20H19ClN2O4S/c21-13-8-12(9-15-19(13)27-7-3-6-26-15)11-22-18(24)10-17-20(25)23-14-4-1-2-5-16(14)28-17/h1-2,4-5,8-9,17H,3,6-7,10-11H2,(H,22,24)(H,23,25)/t17-/m1/s1. The quantitative estimate of drug-likeness (QED) is 0.793. The van der Waals surface area contributed by atoms with Gasteiger partial charge < -0.3 is 20.1 Å². The summed E-state index contributed by atoms with van der Waals surface area (Å²) in [6.07, 6.45) is 0.893. The summed E-state index contributed by atoms with van der Waals surface area (Å²) < 4.78 is 11.3. The van der Waals surface area contributed by atoms with Gasteiger partial charge in [0.05, 0.1) is 29.2 Å². The first-order valence-electron chi connectivity index (χ1n) is 9.01. The number of nitrogens with one attached hydrogen (secondary N) is 2. The number of rotatable bonds is 4. The van der Waals surface area contributed by atoms with Gasteiger partial charge in [-0.2, -0.15) is 0 Å². The summed E-state index contributed by atoms with van der Waals surface area (Å²) in [4.78, 5) is 25.6. The van der Waals surface area contributed by atoms with Crippen LogP contribution in [0.5, 0.6) is 11.5 Å². The summed E-state index contributed by atoms with van der Waals surface area (Å²) in [5.41, 5.74) is 1.60. The molecule has 2 heterocycles. The molecule has 2 amide bonds. The molecule has 28 heavy (non-hydrogen) atoms. The molecule has 2 aliphatic heterocycles. The van der Waals surface area contributed by atoms with Gasteiger partial charge in [0.2, 0.25) is 11.8 Å². The molecule has 0 aliphatic carbocycles. The van der Waals surface area contributed by atoms with Crippen molar-refractivity contribution in [3.63, 3.8) is 0 Å². The van der Waals surface area contributed by atoms with Crippen LogP contribution in [0.1, 0.15) is 18.4 Å². The van der Waals surface area contributed by atoms with E-state index in [1.54, 1.807) is 6.07 Å². The summed E-state index contributed by atoms with van der Waals surface area (Å²) in [6, 6.07) is 11.1. The molecule has 0 spiro atoms. The lowest BCUT2D eigenvalue weighted by Crippen LogP contribution is -2.34. The largest absolute Gasteiger partial charge is 0.489 e. The number of carbonyl (C=O) groups excluding carboxylic acids is 2. The van der Waals surface area contributed by atoms with Crippen molar-refractivity contribution >= 4 is 40.9 Å². The van der Waals surface area contributed by atoms with Crippen LogP contribution in [-0.2, 0) is 16.1 Å². The molecule has 8 heteroatoms. The molecule has 0 fully saturated rings. The maximum atomic E-state index is 12.4. The number of ether oxygens (including phenoxy) is 2. The Bertz CT molecular complexity index is 921. The third-order valence-electron chi connectivity index (χ3n) is 4.43. The summed E-state index contributed by atoms with van der Waals surface area (Å²) >= 11 is 7.69. The van der Waals surface area contributed by atoms with Crippen molar-refractivity contribution in [2.24, 2.45) is 0 Å². The number of amides is 2. The van der Waals surface area contributed by atoms with E-state index in [4.69, 9.17) is 21.1 Å². The summed E-state index contributed by atoms with van der Waals surface area (Å²) in [7, 11) is 0. The fraction of sp³-hybridized carbons (Fsp3) is 0.300. The highest BCUT2D eigenvalue weighted by Gasteiger charge is 2.28. The van der Waals surface area contributed by atoms with Gasteiger partial charge in [-0.1, -0.05) is 23.7 Å². The minimum absolute atomic E-state index is 0.100. The topological polar surface area (TPSA) is 76.7 Å². The molecule has 6 nitrogen and oxygen atoms in total. The van der Waals surface area contributed by atoms with Crippen LogP contribution >= 0.6 is 23.4 Å². The molecule has 0 aromatic heterocycles. The molecule has 4 rings (SSSR count). The van der Waals surface area contributed by atoms with Crippen LogP contribution in [0.15, 0.2) is 41.3 Å². The second kappa shape index (κ2) is 8.32. The molecule has 146 valence electrons. The number of anilines is 1. The predicted octanol–water partition coefficient (Wildman–Crippen LogP) is 3.62. The van der Waals surface area contributed by atoms with E-state index >= 15 is 0 Å². The Balaban J connectivity index is 1.37. The van der Waals surface area contributed by atoms with Crippen LogP contribution in [0.3, 0.4) is 0 Å². The number of carbonyl (C=O) groups is 2. The number of hydrogen-bond donors (Lipinski definition) is 2. The molecule has 2 aromatic rings. The van der Waals surface area contributed by atoms with Gasteiger partial charge in [-0.25, -0.2) is 0 Å². The second-order valence-corrected chi connectivity index (χ2v) is 8.18. The molecule has 2 aromatic carbocycles. The van der Waals surface area contributed by atoms with E-state index < -0.39 is 5.25 Å². The first kappa shape index (κ1) is 19.0. The van der Waals surface area contributed by atoms with Crippen LogP contribution < -0.4 is 20.1 Å². The zero-order valence-corrected chi connectivity index (χ0v) is 16.6. The Morgan fingerprint density at radius 2 is 2.07 bits per heavy atom. The molecule has 0 radical (unpaired) electrons. The molecule has 0 unspecified atom stereocenters. The van der Waals surface area contributed by atoms with Crippen molar-refractivity contribution in [2.75, 3.05) is 18.5 Å². The van der Waals surface area contributed by atoms with Gasteiger partial charge in [0, 0.05) is 24.3 Å². The first-order valence-corrected chi connectivity index (χ1v) is 10.3. The second-order valence-electron chi connectivity index (χ2n) is 6.53. The molecule has 0 bridgehead atoms. The van der Waals surface area contributed by atoms with Gasteiger partial charge >= 0.3 is 0 Å². The van der Waals surface area contributed by atoms with Gasteiger partial charge in [0.25, 0.3) is 0 Å². The highest BCUT2D eigenvalue weighted by atomic mass is 35.5. The highest BCUT2D eigenvalue weighted by Crippen LogP contribution is 2.38. The van der Waals surface area contributed by atoms with Crippen LogP contribution in [0.25, 0.3) is 0 Å². The molecular weight excluding hydrogens is 400 g/mol. The Kier molecular flexibility index (Phi) is 5.64. The molecule has 1 atom stereocenters. The summed E-state index contributed by atoms with van der Waals surface area (Å²) in [5, 5.41) is 5.71. The Hall–Kier alpha value is -2.38. The fourth-order valence-electron chi connectivity index (χ4n) is 3.05. The van der Waals surface area contributed by atoms with Crippen LogP contribution in [-0.4, -0.2) is 30.3 Å². The van der Waals surface area contributed by atoms with Gasteiger partial charge in [-0.3, -0.25) is 9.59 Å². The lowest BCUT2D eigenvalue weighted by molar-refractivity contribution is -0.124. The zero-order chi connectivity index (χ0) is 19.5. The van der Waals surface area contributed by atoms with Crippen LogP contribution in [0.2, 0.25) is 5.02 Å². The van der Waals surface area contributed by atoms with E-state index in [0.29, 0.717) is 36.3 Å². The zero-order valence-electron chi connectivity index (χ0n) is 15.0. The maximum absolute atomic E-state index is 12.4. The maximum Gasteiger partial charge on any atom is 0.238 e. The van der Waals surface area contributed by atoms with Crippen molar-refractivity contribution < 1.29 is 19.1 Å². The van der Waals surface area contributed by atoms with Crippen LogP contribution in [0, 0.1) is 0 Å². The third kappa shape index (κ3) is 4.20. The molecule has 2 N–H and O–H groups in total. The lowest BCUT2D eigenvalue weighted by Gasteiger charge is -2.23. The third-order valence-corrected chi connectivity index (χ3v) is 5.98. The van der Waals surface area contributed by atoms with E-state index in [9.17, 15) is 9.59 Å². The Labute approximate surface area is 171 Å². The molecule has 2 aliphatic rings. The van der Waals surface area contributed by atoms with Crippen molar-refractivity contribution in [3.05, 3.63) is 47.0 Å². The molecular formula is C20H19ClN2O4S. The van der Waals surface area contributed by atoms with Gasteiger partial charge in [0.1, 0.15) is 0 Å². The average Bonchev–Trinajstić information content (AvgIpc) is 2.93. The van der Waals surface area contributed by atoms with E-state index in [0.717, 1.165) is 22.6 Å². The average molecular weight is 419 g/mol. The number of thioether (sulfide) groups is 1. The monoisotopic (exact) mass is 418 g/mol. The van der Waals surface area contributed by atoms with E-state index in [1.807, 2.05) is 30.3 Å². The van der Waals surface area contributed by atoms with Crippen molar-refractivity contribution in [1.82, 2.24) is 5.32 Å². The highest BCUT2D eigenvalue weighted by molar-refractivity contribution is 8.01. The summed E-state index contributed by atoms with van der Waals surface area (Å²) in [6.45, 7) is 1.42. The SMILES string of the molecule is O=C(C[C@H]1Sc2ccccc2NC1=O)NCc1cc(Cl)c2c(c1)OCCCO2.